The molecule has 1 saturated heterocycles. The summed E-state index contributed by atoms with van der Waals surface area (Å²) in [5, 5.41) is 2.25. The molecule has 7 nitrogen and oxygen atoms in total. The highest BCUT2D eigenvalue weighted by Crippen LogP contribution is 2.23. The maximum absolute atomic E-state index is 12.9. The third-order valence-electron chi connectivity index (χ3n) is 4.17. The van der Waals surface area contributed by atoms with E-state index in [1.165, 1.54) is 6.26 Å². The fourth-order valence-corrected chi connectivity index (χ4v) is 2.80. The molecular weight excluding hydrogens is 334 g/mol. The van der Waals surface area contributed by atoms with Crippen LogP contribution in [0, 0.1) is 12.8 Å². The van der Waals surface area contributed by atoms with Crippen molar-refractivity contribution >= 4 is 29.2 Å². The van der Waals surface area contributed by atoms with Gasteiger partial charge in [-0.25, -0.2) is 9.69 Å². The lowest BCUT2D eigenvalue weighted by Gasteiger charge is -2.30. The van der Waals surface area contributed by atoms with E-state index in [1.54, 1.807) is 36.4 Å². The van der Waals surface area contributed by atoms with E-state index in [9.17, 15) is 14.4 Å². The fraction of sp³-hybridized carbons (Fsp3) is 0.263. The van der Waals surface area contributed by atoms with Crippen LogP contribution in [0.4, 0.5) is 10.5 Å². The van der Waals surface area contributed by atoms with Crippen molar-refractivity contribution in [2.24, 2.45) is 10.9 Å². The van der Waals surface area contributed by atoms with E-state index < -0.39 is 23.8 Å². The van der Waals surface area contributed by atoms with Crippen molar-refractivity contribution in [2.45, 2.75) is 26.8 Å². The van der Waals surface area contributed by atoms with E-state index in [1.807, 2.05) is 13.8 Å². The Kier molecular flexibility index (Phi) is 4.97. The molecule has 1 aromatic heterocycles. The van der Waals surface area contributed by atoms with Crippen LogP contribution in [0.3, 0.4) is 0 Å². The molecule has 0 radical (unpaired) electrons. The number of imide groups is 2. The second-order valence-corrected chi connectivity index (χ2v) is 5.98. The Hall–Kier alpha value is -3.22. The average molecular weight is 353 g/mol. The normalized spacial score (nSPS) is 18.2. The summed E-state index contributed by atoms with van der Waals surface area (Å²) in [6.07, 6.45) is 1.94. The number of aliphatic imine (C=N–C) groups is 1. The highest BCUT2D eigenvalue weighted by Gasteiger charge is 2.43. The van der Waals surface area contributed by atoms with Gasteiger partial charge >= 0.3 is 6.03 Å². The van der Waals surface area contributed by atoms with Gasteiger partial charge in [0.25, 0.3) is 5.91 Å². The van der Waals surface area contributed by atoms with Crippen molar-refractivity contribution in [3.63, 3.8) is 0 Å². The van der Waals surface area contributed by atoms with Gasteiger partial charge in [0.15, 0.2) is 5.92 Å². The third kappa shape index (κ3) is 3.42. The highest BCUT2D eigenvalue weighted by atomic mass is 16.3. The smallest absolute Gasteiger partial charge is 0.335 e. The molecule has 1 unspecified atom stereocenters. The van der Waals surface area contributed by atoms with Crippen molar-refractivity contribution in [2.75, 3.05) is 4.90 Å². The summed E-state index contributed by atoms with van der Waals surface area (Å²) in [5.74, 6) is -1.74. The number of hydrogen-bond acceptors (Lipinski definition) is 5. The lowest BCUT2D eigenvalue weighted by atomic mass is 9.96. The summed E-state index contributed by atoms with van der Waals surface area (Å²) in [5.41, 5.74) is 1.83. The first-order chi connectivity index (χ1) is 12.5. The number of aryl methyl sites for hydroxylation is 1. The van der Waals surface area contributed by atoms with E-state index in [0.717, 1.165) is 10.5 Å². The van der Waals surface area contributed by atoms with Crippen LogP contribution in [0.15, 0.2) is 52.1 Å². The Morgan fingerprint density at radius 2 is 1.92 bits per heavy atom. The van der Waals surface area contributed by atoms with Gasteiger partial charge in [-0.3, -0.25) is 19.9 Å². The molecule has 2 aromatic rings. The number of furan rings is 1. The van der Waals surface area contributed by atoms with Crippen LogP contribution in [0.2, 0.25) is 0 Å². The molecule has 0 saturated carbocycles. The lowest BCUT2D eigenvalue weighted by molar-refractivity contribution is -0.131. The van der Waals surface area contributed by atoms with Crippen LogP contribution in [-0.2, 0) is 16.1 Å². The summed E-state index contributed by atoms with van der Waals surface area (Å²) >= 11 is 0. The molecule has 2 heterocycles. The number of rotatable bonds is 5. The minimum Gasteiger partial charge on any atom is -0.467 e. The average Bonchev–Trinajstić information content (AvgIpc) is 3.12. The molecule has 26 heavy (non-hydrogen) atoms. The zero-order chi connectivity index (χ0) is 18.7. The SMILES string of the molecule is CCC(=NCc1ccco1)C1C(=O)NC(=O)N(c2ccc(C)cc2)C1=O. The molecular formula is C19H19N3O4. The third-order valence-corrected chi connectivity index (χ3v) is 4.17. The van der Waals surface area contributed by atoms with Crippen molar-refractivity contribution in [3.05, 3.63) is 54.0 Å². The minimum absolute atomic E-state index is 0.228. The molecule has 1 aromatic carbocycles. The zero-order valence-electron chi connectivity index (χ0n) is 14.6. The molecule has 4 amide bonds. The summed E-state index contributed by atoms with van der Waals surface area (Å²) < 4.78 is 5.23. The monoisotopic (exact) mass is 353 g/mol. The predicted molar refractivity (Wildman–Crippen MR) is 95.8 cm³/mol. The largest absolute Gasteiger partial charge is 0.467 e. The van der Waals surface area contributed by atoms with Gasteiger partial charge in [0.2, 0.25) is 5.91 Å². The predicted octanol–water partition coefficient (Wildman–Crippen LogP) is 2.84. The van der Waals surface area contributed by atoms with E-state index in [4.69, 9.17) is 4.42 Å². The van der Waals surface area contributed by atoms with Crippen molar-refractivity contribution in [1.29, 1.82) is 0 Å². The molecule has 3 rings (SSSR count). The van der Waals surface area contributed by atoms with Crippen molar-refractivity contribution < 1.29 is 18.8 Å². The number of carbonyl (C=O) groups excluding carboxylic acids is 3. The zero-order valence-corrected chi connectivity index (χ0v) is 14.6. The van der Waals surface area contributed by atoms with Crippen LogP contribution in [0.1, 0.15) is 24.7 Å². The molecule has 134 valence electrons. The van der Waals surface area contributed by atoms with Gasteiger partial charge in [-0.05, 0) is 37.6 Å². The van der Waals surface area contributed by atoms with Crippen LogP contribution in [0.5, 0.6) is 0 Å². The minimum atomic E-state index is -1.13. The van der Waals surface area contributed by atoms with Crippen molar-refractivity contribution in [3.8, 4) is 0 Å². The Morgan fingerprint density at radius 1 is 1.19 bits per heavy atom. The lowest BCUT2D eigenvalue weighted by Crippen LogP contribution is -2.60. The summed E-state index contributed by atoms with van der Waals surface area (Å²) in [4.78, 5) is 42.8. The number of nitrogens with zero attached hydrogens (tertiary/aromatic N) is 2. The second-order valence-electron chi connectivity index (χ2n) is 5.98. The Labute approximate surface area is 150 Å². The van der Waals surface area contributed by atoms with Gasteiger partial charge in [0.1, 0.15) is 5.76 Å². The van der Waals surface area contributed by atoms with Crippen molar-refractivity contribution in [1.82, 2.24) is 5.32 Å². The van der Waals surface area contributed by atoms with Gasteiger partial charge in [-0.2, -0.15) is 0 Å². The molecule has 1 aliphatic heterocycles. The highest BCUT2D eigenvalue weighted by molar-refractivity contribution is 6.35. The van der Waals surface area contributed by atoms with Gasteiger partial charge < -0.3 is 4.42 Å². The maximum Gasteiger partial charge on any atom is 0.335 e. The summed E-state index contributed by atoms with van der Waals surface area (Å²) in [7, 11) is 0. The van der Waals surface area contributed by atoms with Gasteiger partial charge in [0, 0.05) is 5.71 Å². The van der Waals surface area contributed by atoms with Crippen LogP contribution >= 0.6 is 0 Å². The Bertz CT molecular complexity index is 853. The van der Waals surface area contributed by atoms with Crippen LogP contribution in [0.25, 0.3) is 0 Å². The molecule has 0 spiro atoms. The van der Waals surface area contributed by atoms with Gasteiger partial charge in [-0.15, -0.1) is 0 Å². The number of benzene rings is 1. The molecule has 1 N–H and O–H groups in total. The number of amides is 4. The summed E-state index contributed by atoms with van der Waals surface area (Å²) in [6.45, 7) is 3.95. The van der Waals surface area contributed by atoms with E-state index >= 15 is 0 Å². The van der Waals surface area contributed by atoms with Crippen LogP contribution < -0.4 is 10.2 Å². The quantitative estimate of drug-likeness (QED) is 0.661. The molecule has 1 fully saturated rings. The first-order valence-electron chi connectivity index (χ1n) is 8.32. The number of anilines is 1. The first kappa shape index (κ1) is 17.6. The van der Waals surface area contributed by atoms with E-state index in [-0.39, 0.29) is 6.54 Å². The molecule has 7 heteroatoms. The van der Waals surface area contributed by atoms with Crippen LogP contribution in [-0.4, -0.2) is 23.6 Å². The van der Waals surface area contributed by atoms with Gasteiger partial charge in [-0.1, -0.05) is 24.6 Å². The number of carbonyl (C=O) groups is 3. The van der Waals surface area contributed by atoms with E-state index in [2.05, 4.69) is 10.3 Å². The Morgan fingerprint density at radius 3 is 2.54 bits per heavy atom. The van der Waals surface area contributed by atoms with E-state index in [0.29, 0.717) is 23.6 Å². The summed E-state index contributed by atoms with van der Waals surface area (Å²) in [6, 6.07) is 9.70. The number of urea groups is 1. The fourth-order valence-electron chi connectivity index (χ4n) is 2.80. The number of hydrogen-bond donors (Lipinski definition) is 1. The van der Waals surface area contributed by atoms with Gasteiger partial charge in [0.05, 0.1) is 18.5 Å². The molecule has 1 aliphatic rings. The standard InChI is InChI=1S/C19H19N3O4/c1-3-15(20-11-14-5-4-10-26-14)16-17(23)21-19(25)22(18(16)24)13-8-6-12(2)7-9-13/h4-10,16H,3,11H2,1-2H3,(H,21,23,25). The Balaban J connectivity index is 1.90. The number of nitrogens with one attached hydrogen (secondary N) is 1. The topological polar surface area (TPSA) is 92.0 Å². The maximum atomic E-state index is 12.9. The molecule has 0 bridgehead atoms. The molecule has 1 atom stereocenters. The molecule has 0 aliphatic carbocycles. The second kappa shape index (κ2) is 7.35. The number of barbiturate groups is 1. The first-order valence-corrected chi connectivity index (χ1v) is 8.32.